The highest BCUT2D eigenvalue weighted by Gasteiger charge is 2.55. The summed E-state index contributed by atoms with van der Waals surface area (Å²) >= 11 is 0. The van der Waals surface area contributed by atoms with Gasteiger partial charge >= 0.3 is 0 Å². The summed E-state index contributed by atoms with van der Waals surface area (Å²) in [5, 5.41) is 59.6. The van der Waals surface area contributed by atoms with Crippen molar-refractivity contribution in [3.63, 3.8) is 0 Å². The van der Waals surface area contributed by atoms with E-state index in [2.05, 4.69) is 10.6 Å². The van der Waals surface area contributed by atoms with E-state index < -0.39 is 85.1 Å². The van der Waals surface area contributed by atoms with Crippen molar-refractivity contribution in [3.8, 4) is 0 Å². The van der Waals surface area contributed by atoms with Gasteiger partial charge in [-0.25, -0.2) is 0 Å². The van der Waals surface area contributed by atoms with Crippen LogP contribution in [-0.4, -0.2) is 143 Å². The maximum absolute atomic E-state index is 13.1. The molecule has 4 aliphatic rings. The lowest BCUT2D eigenvalue weighted by molar-refractivity contribution is -0.306. The van der Waals surface area contributed by atoms with Crippen molar-refractivity contribution in [2.75, 3.05) is 26.2 Å². The number of nitrogens with one attached hydrogen (secondary N) is 2. The fraction of sp³-hybridized carbons (Fsp3) is 0.962. The van der Waals surface area contributed by atoms with Crippen LogP contribution < -0.4 is 39.3 Å². The smallest absolute Gasteiger partial charge is 0.252 e. The molecule has 0 spiro atoms. The predicted octanol–water partition coefficient (Wildman–Crippen LogP) is -6.00. The molecule has 2 saturated carbocycles. The fourth-order valence-corrected chi connectivity index (χ4v) is 6.78. The third kappa shape index (κ3) is 7.07. The largest absolute Gasteiger partial charge is 0.394 e. The fourth-order valence-electron chi connectivity index (χ4n) is 6.78. The second-order valence-electron chi connectivity index (χ2n) is 12.4. The second kappa shape index (κ2) is 14.3. The predicted molar refractivity (Wildman–Crippen MR) is 149 cm³/mol. The third-order valence-electron chi connectivity index (χ3n) is 9.29. The molecule has 0 aromatic carbocycles. The van der Waals surface area contributed by atoms with Crippen molar-refractivity contribution in [3.05, 3.63) is 0 Å². The van der Waals surface area contributed by atoms with Gasteiger partial charge in [-0.05, 0) is 38.8 Å². The van der Waals surface area contributed by atoms with Crippen LogP contribution in [0.3, 0.4) is 0 Å². The number of carbonyl (C=O) groups excluding carboxylic acids is 1. The van der Waals surface area contributed by atoms with Gasteiger partial charge < -0.3 is 79.0 Å². The average Bonchev–Trinajstić information content (AvgIpc) is 2.94. The molecule has 2 saturated heterocycles. The molecule has 244 valence electrons. The Morgan fingerprint density at radius 3 is 2.33 bits per heavy atom. The molecule has 2 heterocycles. The van der Waals surface area contributed by atoms with Crippen molar-refractivity contribution in [2.24, 2.45) is 34.6 Å². The van der Waals surface area contributed by atoms with Crippen molar-refractivity contribution in [1.82, 2.24) is 10.6 Å². The molecule has 17 N–H and O–H groups in total. The van der Waals surface area contributed by atoms with E-state index in [-0.39, 0.29) is 44.0 Å². The Hall–Kier alpha value is -1.09. The summed E-state index contributed by atoms with van der Waals surface area (Å²) in [5.74, 6) is -1.37. The number of rotatable bonds is 11. The zero-order valence-electron chi connectivity index (χ0n) is 23.9. The molecule has 1 amide bonds. The highest BCUT2D eigenvalue weighted by Crippen LogP contribution is 2.38. The van der Waals surface area contributed by atoms with Crippen LogP contribution in [0.4, 0.5) is 0 Å². The van der Waals surface area contributed by atoms with Gasteiger partial charge in [0.05, 0.1) is 37.0 Å². The number of nitrogens with two attached hydrogens (primary N) is 5. The van der Waals surface area contributed by atoms with E-state index in [0.29, 0.717) is 13.1 Å². The third-order valence-corrected chi connectivity index (χ3v) is 9.29. The van der Waals surface area contributed by atoms with Crippen LogP contribution in [0.25, 0.3) is 0 Å². The van der Waals surface area contributed by atoms with Crippen LogP contribution in [0.5, 0.6) is 0 Å². The highest BCUT2D eigenvalue weighted by molar-refractivity contribution is 5.86. The lowest BCUT2D eigenvalue weighted by Gasteiger charge is -2.52. The van der Waals surface area contributed by atoms with Crippen LogP contribution in [-0.2, 0) is 19.0 Å². The van der Waals surface area contributed by atoms with Gasteiger partial charge in [-0.1, -0.05) is 0 Å². The molecular weight excluding hydrogens is 554 g/mol. The number of aliphatic hydroxyl groups excluding tert-OH is 4. The van der Waals surface area contributed by atoms with Gasteiger partial charge in [-0.15, -0.1) is 0 Å². The topological polar surface area (TPSA) is 300 Å². The SMILES string of the molecule is NCCCN[C@@H]1CC[C@@H](CN)O[C@@H]1C1[C@@H](N)C[C@@H](NC(=O)C2(O)CC(N)C2)[C@H](O[C@H]2O[C@H](CO)[C@@H](O)[C@H](N)[C@H]2O)[C@H]1O. The van der Waals surface area contributed by atoms with Gasteiger partial charge in [-0.2, -0.15) is 0 Å². The number of hydrogen-bond donors (Lipinski definition) is 12. The standard InChI is InChI=1S/C26H51N7O9/c27-4-1-5-32-14-3-2-12(9-28)40-22(14)17-13(30)6-15(33-25(38)26(39)7-11(29)8-26)23(20(17)36)42-24-21(37)18(31)19(35)16(10-34)41-24/h11-24,32,34-37,39H,1-10,27-31H2,(H,33,38)/t11?,12-,13-,14+,15+,16+,17?,18-,19+,20-,21+,22-,23-,24+,26?/m0/s1. The van der Waals surface area contributed by atoms with Crippen LogP contribution >= 0.6 is 0 Å². The zero-order valence-corrected chi connectivity index (χ0v) is 23.9. The second-order valence-corrected chi connectivity index (χ2v) is 12.4. The molecule has 4 rings (SSSR count). The molecule has 2 aliphatic carbocycles. The Labute approximate surface area is 245 Å². The summed E-state index contributed by atoms with van der Waals surface area (Å²) in [6.45, 7) is 0.833. The first-order chi connectivity index (χ1) is 19.9. The van der Waals surface area contributed by atoms with E-state index in [1.165, 1.54) is 0 Å². The van der Waals surface area contributed by atoms with Crippen LogP contribution in [0.2, 0.25) is 0 Å². The maximum Gasteiger partial charge on any atom is 0.252 e. The minimum atomic E-state index is -1.66. The van der Waals surface area contributed by atoms with Crippen molar-refractivity contribution in [2.45, 2.75) is 123 Å². The lowest BCUT2D eigenvalue weighted by atomic mass is 9.71. The first-order valence-electron chi connectivity index (χ1n) is 15.0. The van der Waals surface area contributed by atoms with Gasteiger partial charge in [0.1, 0.15) is 30.0 Å². The summed E-state index contributed by atoms with van der Waals surface area (Å²) in [6, 6.07) is -3.28. The van der Waals surface area contributed by atoms with E-state index in [4.69, 9.17) is 42.9 Å². The number of ether oxygens (including phenoxy) is 3. The van der Waals surface area contributed by atoms with Gasteiger partial charge in [0.25, 0.3) is 5.91 Å². The van der Waals surface area contributed by atoms with E-state index in [9.17, 15) is 30.3 Å². The van der Waals surface area contributed by atoms with Crippen LogP contribution in [0, 0.1) is 5.92 Å². The molecule has 42 heavy (non-hydrogen) atoms. The molecule has 1 unspecified atom stereocenters. The van der Waals surface area contributed by atoms with E-state index in [0.717, 1.165) is 19.3 Å². The molecule has 16 nitrogen and oxygen atoms in total. The van der Waals surface area contributed by atoms with Gasteiger partial charge in [0.2, 0.25) is 0 Å². The number of hydrogen-bond acceptors (Lipinski definition) is 15. The van der Waals surface area contributed by atoms with Crippen LogP contribution in [0.1, 0.15) is 38.5 Å². The molecule has 16 heteroatoms. The number of aliphatic hydroxyl groups is 5. The van der Waals surface area contributed by atoms with Crippen LogP contribution in [0.15, 0.2) is 0 Å². The molecule has 13 atom stereocenters. The van der Waals surface area contributed by atoms with Gasteiger partial charge in [0.15, 0.2) is 6.29 Å². The summed E-state index contributed by atoms with van der Waals surface area (Å²) in [5.41, 5.74) is 28.4. The molecule has 4 fully saturated rings. The lowest BCUT2D eigenvalue weighted by Crippen LogP contribution is -2.71. The average molecular weight is 606 g/mol. The van der Waals surface area contributed by atoms with E-state index >= 15 is 0 Å². The van der Waals surface area contributed by atoms with Gasteiger partial charge in [0, 0.05) is 43.4 Å². The highest BCUT2D eigenvalue weighted by atomic mass is 16.7. The first-order valence-corrected chi connectivity index (χ1v) is 15.0. The van der Waals surface area contributed by atoms with Crippen molar-refractivity contribution >= 4 is 5.91 Å². The quantitative estimate of drug-likeness (QED) is 0.0975. The monoisotopic (exact) mass is 605 g/mol. The molecule has 0 bridgehead atoms. The Balaban J connectivity index is 1.60. The van der Waals surface area contributed by atoms with Crippen molar-refractivity contribution in [1.29, 1.82) is 0 Å². The summed E-state index contributed by atoms with van der Waals surface area (Å²) < 4.78 is 18.1. The summed E-state index contributed by atoms with van der Waals surface area (Å²) in [6.07, 6.45) is -6.39. The molecule has 0 aromatic rings. The van der Waals surface area contributed by atoms with Crippen molar-refractivity contribution < 1.29 is 44.5 Å². The van der Waals surface area contributed by atoms with E-state index in [1.54, 1.807) is 0 Å². The summed E-state index contributed by atoms with van der Waals surface area (Å²) in [4.78, 5) is 13.1. The van der Waals surface area contributed by atoms with Gasteiger partial charge in [-0.3, -0.25) is 4.79 Å². The molecule has 2 aliphatic heterocycles. The number of carbonyl (C=O) groups is 1. The molecule has 0 aromatic heterocycles. The maximum atomic E-state index is 13.1. The first kappa shape index (κ1) is 33.8. The molecule has 0 radical (unpaired) electrons. The minimum absolute atomic E-state index is 0.0796. The summed E-state index contributed by atoms with van der Waals surface area (Å²) in [7, 11) is 0. The minimum Gasteiger partial charge on any atom is -0.394 e. The number of amides is 1. The Morgan fingerprint density at radius 1 is 1.00 bits per heavy atom. The molecular formula is C26H51N7O9. The normalized spacial score (nSPS) is 48.0. The van der Waals surface area contributed by atoms with E-state index in [1.807, 2.05) is 0 Å². The Morgan fingerprint density at radius 2 is 1.71 bits per heavy atom. The Bertz CT molecular complexity index is 883. The zero-order chi connectivity index (χ0) is 30.8. The Kier molecular flexibility index (Phi) is 11.5.